The topological polar surface area (TPSA) is 84.9 Å². The number of likely N-dealkylation sites (tertiary alicyclic amines) is 1. The van der Waals surface area contributed by atoms with Gasteiger partial charge in [0.25, 0.3) is 0 Å². The Balaban J connectivity index is 1.95. The molecule has 0 atom stereocenters. The summed E-state index contributed by atoms with van der Waals surface area (Å²) in [7, 11) is 1.32. The van der Waals surface area contributed by atoms with Crippen LogP contribution in [0.2, 0.25) is 0 Å². The van der Waals surface area contributed by atoms with Crippen molar-refractivity contribution in [2.75, 3.05) is 25.5 Å². The number of nitrogens with zero attached hydrogens (tertiary/aromatic N) is 1. The number of benzene rings is 1. The number of esters is 1. The Morgan fingerprint density at radius 3 is 2.33 bits per heavy atom. The number of piperidine rings is 1. The van der Waals surface area contributed by atoms with Crippen LogP contribution in [0.15, 0.2) is 18.2 Å². The minimum Gasteiger partial charge on any atom is -0.465 e. The quantitative estimate of drug-likeness (QED) is 0.818. The van der Waals surface area contributed by atoms with E-state index >= 15 is 0 Å². The van der Waals surface area contributed by atoms with Crippen LogP contribution in [0.3, 0.4) is 0 Å². The Labute approximate surface area is 160 Å². The predicted molar refractivity (Wildman–Crippen MR) is 102 cm³/mol. The van der Waals surface area contributed by atoms with Gasteiger partial charge in [-0.3, -0.25) is 4.79 Å². The van der Waals surface area contributed by atoms with Crippen LogP contribution in [-0.4, -0.2) is 48.7 Å². The highest BCUT2D eigenvalue weighted by Crippen LogP contribution is 2.23. The van der Waals surface area contributed by atoms with Gasteiger partial charge >= 0.3 is 12.1 Å². The second kappa shape index (κ2) is 8.41. The number of rotatable bonds is 3. The molecule has 0 aromatic heterocycles. The van der Waals surface area contributed by atoms with E-state index in [0.29, 0.717) is 37.2 Å². The summed E-state index contributed by atoms with van der Waals surface area (Å²) >= 11 is 0. The van der Waals surface area contributed by atoms with E-state index in [-0.39, 0.29) is 17.9 Å². The molecule has 0 radical (unpaired) electrons. The minimum atomic E-state index is -0.534. The fraction of sp³-hybridized carbons (Fsp3) is 0.550. The summed E-state index contributed by atoms with van der Waals surface area (Å²) in [5.74, 6) is -0.745. The van der Waals surface area contributed by atoms with Crippen molar-refractivity contribution < 1.29 is 23.9 Å². The maximum atomic E-state index is 12.6. The minimum absolute atomic E-state index is 0.107. The number of aryl methyl sites for hydroxylation is 1. The number of nitrogens with one attached hydrogen (secondary N) is 1. The van der Waals surface area contributed by atoms with Gasteiger partial charge in [-0.2, -0.15) is 0 Å². The maximum absolute atomic E-state index is 12.6. The van der Waals surface area contributed by atoms with E-state index in [0.717, 1.165) is 5.56 Å². The zero-order valence-corrected chi connectivity index (χ0v) is 16.6. The lowest BCUT2D eigenvalue weighted by Crippen LogP contribution is -2.43. The van der Waals surface area contributed by atoms with Crippen LogP contribution in [-0.2, 0) is 14.3 Å². The van der Waals surface area contributed by atoms with Crippen molar-refractivity contribution in [2.45, 2.75) is 46.1 Å². The van der Waals surface area contributed by atoms with Crippen molar-refractivity contribution >= 4 is 23.7 Å². The molecule has 0 aliphatic carbocycles. The molecule has 1 N–H and O–H groups in total. The number of hydrogen-bond acceptors (Lipinski definition) is 5. The Morgan fingerprint density at radius 2 is 1.78 bits per heavy atom. The van der Waals surface area contributed by atoms with Crippen LogP contribution in [0.25, 0.3) is 0 Å². The van der Waals surface area contributed by atoms with Crippen molar-refractivity contribution in [2.24, 2.45) is 5.92 Å². The Kier molecular flexibility index (Phi) is 6.46. The third-order valence-corrected chi connectivity index (χ3v) is 4.43. The molecule has 2 amide bonds. The van der Waals surface area contributed by atoms with Crippen LogP contribution < -0.4 is 5.32 Å². The first-order valence-electron chi connectivity index (χ1n) is 9.08. The molecule has 2 rings (SSSR count). The van der Waals surface area contributed by atoms with Crippen LogP contribution in [0, 0.1) is 12.8 Å². The molecule has 7 nitrogen and oxygen atoms in total. The zero-order chi connectivity index (χ0) is 20.2. The highest BCUT2D eigenvalue weighted by atomic mass is 16.6. The van der Waals surface area contributed by atoms with Gasteiger partial charge in [0.05, 0.1) is 12.7 Å². The van der Waals surface area contributed by atoms with Gasteiger partial charge < -0.3 is 19.7 Å². The Hall–Kier alpha value is -2.57. The van der Waals surface area contributed by atoms with Crippen molar-refractivity contribution in [3.63, 3.8) is 0 Å². The maximum Gasteiger partial charge on any atom is 0.410 e. The molecule has 1 aliphatic heterocycles. The van der Waals surface area contributed by atoms with E-state index in [4.69, 9.17) is 9.47 Å². The summed E-state index contributed by atoms with van der Waals surface area (Å²) in [5.41, 5.74) is 1.31. The van der Waals surface area contributed by atoms with Crippen molar-refractivity contribution in [1.29, 1.82) is 0 Å². The van der Waals surface area contributed by atoms with Crippen molar-refractivity contribution in [3.8, 4) is 0 Å². The first-order valence-corrected chi connectivity index (χ1v) is 9.08. The summed E-state index contributed by atoms with van der Waals surface area (Å²) in [6.07, 6.45) is 0.796. The lowest BCUT2D eigenvalue weighted by molar-refractivity contribution is -0.121. The molecule has 1 aromatic rings. The fourth-order valence-corrected chi connectivity index (χ4v) is 2.89. The van der Waals surface area contributed by atoms with Crippen LogP contribution in [0.5, 0.6) is 0 Å². The molecular weight excluding hydrogens is 348 g/mol. The number of amides is 2. The number of methoxy groups -OCH3 is 1. The molecule has 1 fully saturated rings. The number of carbonyl (C=O) groups excluding carboxylic acids is 3. The summed E-state index contributed by atoms with van der Waals surface area (Å²) in [6.45, 7) is 8.31. The molecule has 0 unspecified atom stereocenters. The van der Waals surface area contributed by atoms with Gasteiger partial charge in [0, 0.05) is 24.7 Å². The molecule has 7 heteroatoms. The Morgan fingerprint density at radius 1 is 1.15 bits per heavy atom. The lowest BCUT2D eigenvalue weighted by Gasteiger charge is -2.33. The Bertz CT molecular complexity index is 716. The van der Waals surface area contributed by atoms with E-state index in [9.17, 15) is 14.4 Å². The fourth-order valence-electron chi connectivity index (χ4n) is 2.89. The number of anilines is 1. The molecule has 27 heavy (non-hydrogen) atoms. The molecule has 1 heterocycles. The lowest BCUT2D eigenvalue weighted by atomic mass is 9.96. The summed E-state index contributed by atoms with van der Waals surface area (Å²) in [4.78, 5) is 38.0. The van der Waals surface area contributed by atoms with Gasteiger partial charge in [-0.15, -0.1) is 0 Å². The first-order chi connectivity index (χ1) is 12.6. The summed E-state index contributed by atoms with van der Waals surface area (Å²) in [5, 5.41) is 2.90. The molecule has 0 spiro atoms. The highest BCUT2D eigenvalue weighted by Gasteiger charge is 2.30. The number of carbonyl (C=O) groups is 3. The molecular formula is C20H28N2O5. The van der Waals surface area contributed by atoms with Crippen molar-refractivity contribution in [3.05, 3.63) is 29.3 Å². The first kappa shape index (κ1) is 20.7. The average molecular weight is 376 g/mol. The van der Waals surface area contributed by atoms with Crippen LogP contribution >= 0.6 is 0 Å². The van der Waals surface area contributed by atoms with Gasteiger partial charge in [-0.25, -0.2) is 9.59 Å². The van der Waals surface area contributed by atoms with E-state index in [1.54, 1.807) is 23.1 Å². The van der Waals surface area contributed by atoms with Gasteiger partial charge in [-0.1, -0.05) is 6.07 Å². The van der Waals surface area contributed by atoms with E-state index in [1.807, 2.05) is 27.7 Å². The highest BCUT2D eigenvalue weighted by molar-refractivity contribution is 5.96. The van der Waals surface area contributed by atoms with Crippen LogP contribution in [0.1, 0.15) is 49.5 Å². The molecule has 1 aliphatic rings. The van der Waals surface area contributed by atoms with Crippen molar-refractivity contribution in [1.82, 2.24) is 4.90 Å². The molecule has 1 aromatic carbocycles. The monoisotopic (exact) mass is 376 g/mol. The third kappa shape index (κ3) is 5.70. The summed E-state index contributed by atoms with van der Waals surface area (Å²) in [6, 6.07) is 5.05. The number of ether oxygens (including phenoxy) is 2. The van der Waals surface area contributed by atoms with Gasteiger partial charge in [-0.05, 0) is 58.2 Å². The summed E-state index contributed by atoms with van der Waals surface area (Å²) < 4.78 is 10.1. The average Bonchev–Trinajstić information content (AvgIpc) is 2.61. The van der Waals surface area contributed by atoms with Gasteiger partial charge in [0.2, 0.25) is 5.91 Å². The van der Waals surface area contributed by atoms with Gasteiger partial charge in [0.1, 0.15) is 5.60 Å². The third-order valence-electron chi connectivity index (χ3n) is 4.43. The predicted octanol–water partition coefficient (Wildman–Crippen LogP) is 3.37. The largest absolute Gasteiger partial charge is 0.465 e. The molecule has 0 saturated carbocycles. The standard InChI is InChI=1S/C20H28N2O5/c1-13-6-7-15(18(24)26-5)12-16(13)21-17(23)14-8-10-22(11-9-14)19(25)27-20(2,3)4/h6-7,12,14H,8-11H2,1-5H3,(H,21,23). The van der Waals surface area contributed by atoms with E-state index < -0.39 is 11.6 Å². The molecule has 148 valence electrons. The SMILES string of the molecule is COC(=O)c1ccc(C)c(NC(=O)C2CCN(C(=O)OC(C)(C)C)CC2)c1. The number of hydrogen-bond donors (Lipinski definition) is 1. The molecule has 1 saturated heterocycles. The second-order valence-electron chi connectivity index (χ2n) is 7.75. The second-order valence-corrected chi connectivity index (χ2v) is 7.75. The van der Waals surface area contributed by atoms with Gasteiger partial charge in [0.15, 0.2) is 0 Å². The van der Waals surface area contributed by atoms with Crippen LogP contribution in [0.4, 0.5) is 10.5 Å². The molecule has 0 bridgehead atoms. The smallest absolute Gasteiger partial charge is 0.410 e. The van der Waals surface area contributed by atoms with E-state index in [1.165, 1.54) is 7.11 Å². The normalized spacial score (nSPS) is 15.2. The van der Waals surface area contributed by atoms with E-state index in [2.05, 4.69) is 5.32 Å². The zero-order valence-electron chi connectivity index (χ0n) is 16.6.